The third-order valence-corrected chi connectivity index (χ3v) is 5.02. The molecular formula is C19H23N3O2S. The third-order valence-electron chi connectivity index (χ3n) is 4.22. The zero-order valence-electron chi connectivity index (χ0n) is 15.0. The van der Waals surface area contributed by atoms with Crippen molar-refractivity contribution in [3.63, 3.8) is 0 Å². The van der Waals surface area contributed by atoms with Gasteiger partial charge >= 0.3 is 0 Å². The summed E-state index contributed by atoms with van der Waals surface area (Å²) in [6, 6.07) is 6.20. The molecule has 0 fully saturated rings. The number of fused-ring (bicyclic) bond motifs is 1. The Bertz CT molecular complexity index is 820. The highest BCUT2D eigenvalue weighted by molar-refractivity contribution is 7.13. The minimum absolute atomic E-state index is 0.0431. The fraction of sp³-hybridized carbons (Fsp3) is 0.421. The number of carbonyl (C=O) groups is 2. The monoisotopic (exact) mass is 357 g/mol. The largest absolute Gasteiger partial charge is 0.311 e. The number of thiazole rings is 1. The Morgan fingerprint density at radius 2 is 2.08 bits per heavy atom. The van der Waals surface area contributed by atoms with Gasteiger partial charge in [-0.05, 0) is 25.0 Å². The first kappa shape index (κ1) is 17.6. The molecule has 0 atom stereocenters. The van der Waals surface area contributed by atoms with Crippen molar-refractivity contribution in [2.75, 3.05) is 16.8 Å². The van der Waals surface area contributed by atoms with Crippen molar-refractivity contribution in [3.05, 3.63) is 40.4 Å². The highest BCUT2D eigenvalue weighted by Gasteiger charge is 2.26. The Morgan fingerprint density at radius 3 is 2.80 bits per heavy atom. The van der Waals surface area contributed by atoms with Gasteiger partial charge in [-0.25, -0.2) is 4.98 Å². The van der Waals surface area contributed by atoms with Crippen LogP contribution in [0.3, 0.4) is 0 Å². The van der Waals surface area contributed by atoms with Crippen LogP contribution in [0.15, 0.2) is 23.6 Å². The summed E-state index contributed by atoms with van der Waals surface area (Å²) in [7, 11) is 0. The minimum atomic E-state index is -0.473. The van der Waals surface area contributed by atoms with E-state index in [1.165, 1.54) is 22.5 Å². The molecule has 1 aliphatic heterocycles. The highest BCUT2D eigenvalue weighted by Crippen LogP contribution is 2.29. The van der Waals surface area contributed by atoms with Gasteiger partial charge in [0.05, 0.1) is 12.1 Å². The maximum atomic E-state index is 12.7. The summed E-state index contributed by atoms with van der Waals surface area (Å²) < 4.78 is 0. The van der Waals surface area contributed by atoms with Gasteiger partial charge in [0, 0.05) is 23.0 Å². The van der Waals surface area contributed by atoms with Gasteiger partial charge in [0.1, 0.15) is 0 Å². The summed E-state index contributed by atoms with van der Waals surface area (Å²) in [5.41, 5.74) is 3.67. The van der Waals surface area contributed by atoms with Crippen molar-refractivity contribution >= 4 is 34.0 Å². The molecule has 0 saturated carbocycles. The van der Waals surface area contributed by atoms with Crippen molar-refractivity contribution < 1.29 is 9.59 Å². The molecule has 0 bridgehead atoms. The molecule has 2 amide bonds. The number of aryl methyl sites for hydroxylation is 1. The van der Waals surface area contributed by atoms with Crippen molar-refractivity contribution in [2.45, 2.75) is 40.5 Å². The van der Waals surface area contributed by atoms with E-state index in [1.807, 2.05) is 43.2 Å². The lowest BCUT2D eigenvalue weighted by Crippen LogP contribution is -2.30. The van der Waals surface area contributed by atoms with Crippen LogP contribution >= 0.6 is 11.3 Å². The number of benzene rings is 1. The van der Waals surface area contributed by atoms with E-state index in [0.717, 1.165) is 18.7 Å². The standard InChI is InChI=1S/C19H23N3O2S/c1-12-5-6-15-13(9-12)7-8-22(15)16(23)10-14-11-25-18(20-14)21-17(24)19(2,3)4/h5-6,9,11H,7-8,10H2,1-4H3,(H,20,21,24). The Hall–Kier alpha value is -2.21. The SMILES string of the molecule is Cc1ccc2c(c1)CCN2C(=O)Cc1csc(NC(=O)C(C)(C)C)n1. The fourth-order valence-corrected chi connectivity index (χ4v) is 3.48. The molecule has 1 aliphatic rings. The summed E-state index contributed by atoms with van der Waals surface area (Å²) in [6.45, 7) is 8.34. The van der Waals surface area contributed by atoms with Gasteiger partial charge < -0.3 is 10.2 Å². The van der Waals surface area contributed by atoms with Gasteiger partial charge in [0.2, 0.25) is 11.8 Å². The molecular weight excluding hydrogens is 334 g/mol. The molecule has 0 unspecified atom stereocenters. The number of carbonyl (C=O) groups excluding carboxylic acids is 2. The highest BCUT2D eigenvalue weighted by atomic mass is 32.1. The quantitative estimate of drug-likeness (QED) is 0.913. The zero-order chi connectivity index (χ0) is 18.2. The second-order valence-corrected chi connectivity index (χ2v) is 8.31. The lowest BCUT2D eigenvalue weighted by Gasteiger charge is -2.17. The van der Waals surface area contributed by atoms with E-state index in [1.54, 1.807) is 0 Å². The van der Waals surface area contributed by atoms with Gasteiger partial charge in [-0.2, -0.15) is 0 Å². The fourth-order valence-electron chi connectivity index (χ4n) is 2.77. The van der Waals surface area contributed by atoms with E-state index in [4.69, 9.17) is 0 Å². The number of rotatable bonds is 3. The second-order valence-electron chi connectivity index (χ2n) is 7.45. The maximum Gasteiger partial charge on any atom is 0.233 e. The lowest BCUT2D eigenvalue weighted by molar-refractivity contribution is -0.123. The second kappa shape index (κ2) is 6.59. The van der Waals surface area contributed by atoms with Gasteiger partial charge in [0.25, 0.3) is 0 Å². The number of anilines is 2. The number of nitrogens with zero attached hydrogens (tertiary/aromatic N) is 2. The van der Waals surface area contributed by atoms with Gasteiger partial charge in [-0.3, -0.25) is 9.59 Å². The number of hydrogen-bond acceptors (Lipinski definition) is 4. The number of nitrogens with one attached hydrogen (secondary N) is 1. The van der Waals surface area contributed by atoms with Crippen LogP contribution in [0.4, 0.5) is 10.8 Å². The van der Waals surface area contributed by atoms with Crippen LogP contribution in [0.1, 0.15) is 37.6 Å². The van der Waals surface area contributed by atoms with Gasteiger partial charge in [-0.1, -0.05) is 38.5 Å². The molecule has 1 N–H and O–H groups in total. The zero-order valence-corrected chi connectivity index (χ0v) is 15.9. The molecule has 0 saturated heterocycles. The van der Waals surface area contributed by atoms with Crippen LogP contribution in [-0.4, -0.2) is 23.3 Å². The van der Waals surface area contributed by atoms with Crippen molar-refractivity contribution in [2.24, 2.45) is 5.41 Å². The Morgan fingerprint density at radius 1 is 1.32 bits per heavy atom. The van der Waals surface area contributed by atoms with Crippen LogP contribution < -0.4 is 10.2 Å². The predicted molar refractivity (Wildman–Crippen MR) is 101 cm³/mol. The number of amides is 2. The van der Waals surface area contributed by atoms with E-state index in [0.29, 0.717) is 10.8 Å². The molecule has 6 heteroatoms. The van der Waals surface area contributed by atoms with Crippen LogP contribution in [-0.2, 0) is 22.4 Å². The van der Waals surface area contributed by atoms with E-state index in [-0.39, 0.29) is 18.2 Å². The first-order valence-electron chi connectivity index (χ1n) is 8.40. The molecule has 2 aromatic rings. The van der Waals surface area contributed by atoms with Crippen molar-refractivity contribution in [3.8, 4) is 0 Å². The normalized spacial score (nSPS) is 13.7. The van der Waals surface area contributed by atoms with E-state index >= 15 is 0 Å². The number of aromatic nitrogens is 1. The Balaban J connectivity index is 1.66. The average Bonchev–Trinajstić information content (AvgIpc) is 3.12. The van der Waals surface area contributed by atoms with Gasteiger partial charge in [0.15, 0.2) is 5.13 Å². The summed E-state index contributed by atoms with van der Waals surface area (Å²) in [5, 5.41) is 5.19. The van der Waals surface area contributed by atoms with Crippen LogP contribution in [0, 0.1) is 12.3 Å². The molecule has 2 heterocycles. The first-order chi connectivity index (χ1) is 11.7. The molecule has 132 valence electrons. The van der Waals surface area contributed by atoms with Crippen LogP contribution in [0.2, 0.25) is 0 Å². The number of hydrogen-bond donors (Lipinski definition) is 1. The summed E-state index contributed by atoms with van der Waals surface area (Å²) >= 11 is 1.35. The Labute approximate surface area is 152 Å². The molecule has 1 aromatic carbocycles. The summed E-state index contributed by atoms with van der Waals surface area (Å²) in [6.07, 6.45) is 1.14. The Kier molecular flexibility index (Phi) is 4.64. The molecule has 5 nitrogen and oxygen atoms in total. The predicted octanol–water partition coefficient (Wildman–Crippen LogP) is 3.57. The topological polar surface area (TPSA) is 62.3 Å². The molecule has 3 rings (SSSR count). The molecule has 25 heavy (non-hydrogen) atoms. The smallest absolute Gasteiger partial charge is 0.233 e. The molecule has 1 aromatic heterocycles. The average molecular weight is 357 g/mol. The summed E-state index contributed by atoms with van der Waals surface area (Å²) in [5.74, 6) is -0.0369. The molecule has 0 spiro atoms. The van der Waals surface area contributed by atoms with Crippen molar-refractivity contribution in [1.29, 1.82) is 0 Å². The summed E-state index contributed by atoms with van der Waals surface area (Å²) in [4.78, 5) is 30.9. The maximum absolute atomic E-state index is 12.7. The van der Waals surface area contributed by atoms with E-state index in [2.05, 4.69) is 23.3 Å². The van der Waals surface area contributed by atoms with E-state index in [9.17, 15) is 9.59 Å². The third kappa shape index (κ3) is 3.90. The van der Waals surface area contributed by atoms with Crippen molar-refractivity contribution in [1.82, 2.24) is 4.98 Å². The molecule has 0 aliphatic carbocycles. The molecule has 0 radical (unpaired) electrons. The van der Waals surface area contributed by atoms with Crippen LogP contribution in [0.5, 0.6) is 0 Å². The minimum Gasteiger partial charge on any atom is -0.311 e. The first-order valence-corrected chi connectivity index (χ1v) is 9.28. The lowest BCUT2D eigenvalue weighted by atomic mass is 9.96. The van der Waals surface area contributed by atoms with E-state index < -0.39 is 5.41 Å². The van der Waals surface area contributed by atoms with Gasteiger partial charge in [-0.15, -0.1) is 11.3 Å². The van der Waals surface area contributed by atoms with Crippen LogP contribution in [0.25, 0.3) is 0 Å².